The predicted molar refractivity (Wildman–Crippen MR) is 121 cm³/mol. The number of furan rings is 1. The lowest BCUT2D eigenvalue weighted by Gasteiger charge is -2.36. The molecule has 7 nitrogen and oxygen atoms in total. The van der Waals surface area contributed by atoms with Gasteiger partial charge in [0.05, 0.1) is 6.61 Å². The van der Waals surface area contributed by atoms with Crippen LogP contribution < -0.4 is 10.6 Å². The molecule has 0 bridgehead atoms. The van der Waals surface area contributed by atoms with Crippen LogP contribution in [0.2, 0.25) is 5.02 Å². The number of piperazine rings is 1. The van der Waals surface area contributed by atoms with Gasteiger partial charge in [-0.05, 0) is 43.3 Å². The maximum absolute atomic E-state index is 11.6. The molecule has 0 saturated carbocycles. The minimum Gasteiger partial charge on any atom is -0.460 e. The Kier molecular flexibility index (Phi) is 8.43. The zero-order chi connectivity index (χ0) is 19.2. The summed E-state index contributed by atoms with van der Waals surface area (Å²) in [5, 5.41) is 0.734. The summed E-state index contributed by atoms with van der Waals surface area (Å²) in [4.78, 5) is 20.3. The average Bonchev–Trinajstić information content (AvgIpc) is 3.16. The zero-order valence-electron chi connectivity index (χ0n) is 15.6. The number of nitrogens with two attached hydrogens (primary N) is 1. The fourth-order valence-electron chi connectivity index (χ4n) is 2.88. The largest absolute Gasteiger partial charge is 0.460 e. The Morgan fingerprint density at radius 1 is 1.18 bits per heavy atom. The van der Waals surface area contributed by atoms with E-state index in [2.05, 4.69) is 9.89 Å². The van der Waals surface area contributed by atoms with Crippen LogP contribution in [-0.4, -0.2) is 49.6 Å². The van der Waals surface area contributed by atoms with Gasteiger partial charge in [-0.2, -0.15) is 0 Å². The quantitative estimate of drug-likeness (QED) is 0.283. The van der Waals surface area contributed by atoms with Gasteiger partial charge in [0.2, 0.25) is 5.76 Å². The molecule has 1 aliphatic heterocycles. The normalized spacial score (nSPS) is 14.6. The van der Waals surface area contributed by atoms with Crippen LogP contribution in [0.3, 0.4) is 0 Å². The van der Waals surface area contributed by atoms with E-state index in [1.807, 2.05) is 29.2 Å². The number of nitrogens with zero attached hydrogens (tertiary/aromatic N) is 3. The number of aliphatic imine (C=N–C) groups is 1. The highest BCUT2D eigenvalue weighted by Crippen LogP contribution is 2.19. The highest BCUT2D eigenvalue weighted by molar-refractivity contribution is 14.0. The molecule has 0 amide bonds. The smallest absolute Gasteiger partial charge is 0.374 e. The molecule has 1 aromatic heterocycles. The van der Waals surface area contributed by atoms with Crippen molar-refractivity contribution < 1.29 is 13.9 Å². The van der Waals surface area contributed by atoms with Crippen LogP contribution in [0.4, 0.5) is 5.69 Å². The van der Waals surface area contributed by atoms with Crippen LogP contribution in [0.1, 0.15) is 23.2 Å². The van der Waals surface area contributed by atoms with Gasteiger partial charge in [0, 0.05) is 36.9 Å². The minimum absolute atomic E-state index is 0. The summed E-state index contributed by atoms with van der Waals surface area (Å²) in [7, 11) is 0. The summed E-state index contributed by atoms with van der Waals surface area (Å²) in [5.41, 5.74) is 7.27. The summed E-state index contributed by atoms with van der Waals surface area (Å²) in [6, 6.07) is 11.1. The van der Waals surface area contributed by atoms with Crippen LogP contribution in [0.15, 0.2) is 45.8 Å². The molecular formula is C19H24ClIN4O3. The second-order valence-electron chi connectivity index (χ2n) is 6.11. The van der Waals surface area contributed by atoms with Crippen molar-refractivity contribution in [2.45, 2.75) is 13.5 Å². The van der Waals surface area contributed by atoms with Crippen LogP contribution in [-0.2, 0) is 11.3 Å². The van der Waals surface area contributed by atoms with Gasteiger partial charge in [0.1, 0.15) is 12.3 Å². The first kappa shape index (κ1) is 22.4. The summed E-state index contributed by atoms with van der Waals surface area (Å²) in [6.07, 6.45) is 0. The van der Waals surface area contributed by atoms with Crippen molar-refractivity contribution in [3.05, 3.63) is 52.9 Å². The molecular weight excluding hydrogens is 495 g/mol. The van der Waals surface area contributed by atoms with E-state index in [-0.39, 0.29) is 36.3 Å². The van der Waals surface area contributed by atoms with E-state index in [0.717, 1.165) is 36.9 Å². The minimum atomic E-state index is -0.473. The third-order valence-corrected chi connectivity index (χ3v) is 4.58. The number of ether oxygens (including phenoxy) is 1. The van der Waals surface area contributed by atoms with Crippen LogP contribution in [0, 0.1) is 0 Å². The van der Waals surface area contributed by atoms with Crippen molar-refractivity contribution in [1.29, 1.82) is 0 Å². The molecule has 0 unspecified atom stereocenters. The number of halogens is 2. The van der Waals surface area contributed by atoms with Crippen LogP contribution in [0.25, 0.3) is 0 Å². The van der Waals surface area contributed by atoms with Gasteiger partial charge in [-0.1, -0.05) is 11.6 Å². The number of hydrogen-bond acceptors (Lipinski definition) is 5. The third-order valence-electron chi connectivity index (χ3n) is 4.33. The summed E-state index contributed by atoms with van der Waals surface area (Å²) in [6.45, 7) is 5.61. The first-order valence-corrected chi connectivity index (χ1v) is 9.26. The van der Waals surface area contributed by atoms with Crippen LogP contribution in [0.5, 0.6) is 0 Å². The third kappa shape index (κ3) is 5.78. The number of hydrogen-bond donors (Lipinski definition) is 1. The Hall–Kier alpha value is -1.94. The maximum Gasteiger partial charge on any atom is 0.374 e. The SMILES string of the molecule is CCOC(=O)c1ccc(CN=C(N)N2CCN(c3ccc(Cl)cc3)CC2)o1.I. The highest BCUT2D eigenvalue weighted by Gasteiger charge is 2.19. The van der Waals surface area contributed by atoms with E-state index >= 15 is 0 Å². The second kappa shape index (κ2) is 10.6. The van der Waals surface area contributed by atoms with Crippen molar-refractivity contribution in [3.8, 4) is 0 Å². The Morgan fingerprint density at radius 2 is 1.86 bits per heavy atom. The standard InChI is InChI=1S/C19H23ClN4O3.HI/c1-2-26-18(25)17-8-7-16(27-17)13-22-19(21)24-11-9-23(10-12-24)15-5-3-14(20)4-6-15;/h3-8H,2,9-13H2,1H3,(H2,21,22);1H. The number of esters is 1. The number of guanidine groups is 1. The van der Waals surface area contributed by atoms with Gasteiger partial charge in [-0.25, -0.2) is 9.79 Å². The number of carbonyl (C=O) groups excluding carboxylic acids is 1. The molecule has 1 aliphatic rings. The van der Waals surface area contributed by atoms with Crippen molar-refractivity contribution in [2.75, 3.05) is 37.7 Å². The molecule has 0 atom stereocenters. The van der Waals surface area contributed by atoms with E-state index in [1.165, 1.54) is 0 Å². The molecule has 28 heavy (non-hydrogen) atoms. The topological polar surface area (TPSA) is 84.3 Å². The molecule has 0 aliphatic carbocycles. The zero-order valence-corrected chi connectivity index (χ0v) is 18.7. The molecule has 2 aromatic rings. The van der Waals surface area contributed by atoms with Crippen molar-refractivity contribution in [3.63, 3.8) is 0 Å². The second-order valence-corrected chi connectivity index (χ2v) is 6.55. The van der Waals surface area contributed by atoms with Gasteiger partial charge >= 0.3 is 5.97 Å². The summed E-state index contributed by atoms with van der Waals surface area (Å²) < 4.78 is 10.3. The first-order chi connectivity index (χ1) is 13.1. The van der Waals surface area contributed by atoms with Gasteiger partial charge < -0.3 is 24.7 Å². The molecule has 1 aromatic carbocycles. The molecule has 3 rings (SSSR count). The summed E-state index contributed by atoms with van der Waals surface area (Å²) in [5.74, 6) is 0.747. The van der Waals surface area contributed by atoms with E-state index in [0.29, 0.717) is 18.3 Å². The number of rotatable bonds is 5. The van der Waals surface area contributed by atoms with Crippen LogP contribution >= 0.6 is 35.6 Å². The molecule has 9 heteroatoms. The summed E-state index contributed by atoms with van der Waals surface area (Å²) >= 11 is 5.94. The van der Waals surface area contributed by atoms with E-state index in [9.17, 15) is 4.79 Å². The highest BCUT2D eigenvalue weighted by atomic mass is 127. The Morgan fingerprint density at radius 3 is 2.50 bits per heavy atom. The molecule has 2 heterocycles. The fourth-order valence-corrected chi connectivity index (χ4v) is 3.01. The maximum atomic E-state index is 11.6. The monoisotopic (exact) mass is 518 g/mol. The van der Waals surface area contributed by atoms with Crippen molar-refractivity contribution in [1.82, 2.24) is 4.90 Å². The van der Waals surface area contributed by atoms with Gasteiger partial charge in [0.25, 0.3) is 0 Å². The molecule has 1 fully saturated rings. The molecule has 0 radical (unpaired) electrons. The van der Waals surface area contributed by atoms with E-state index in [4.69, 9.17) is 26.5 Å². The molecule has 1 saturated heterocycles. The van der Waals surface area contributed by atoms with Gasteiger partial charge in [-0.3, -0.25) is 0 Å². The van der Waals surface area contributed by atoms with Crippen molar-refractivity contribution in [2.24, 2.45) is 10.7 Å². The lowest BCUT2D eigenvalue weighted by atomic mass is 10.2. The predicted octanol–water partition coefficient (Wildman–Crippen LogP) is 3.36. The van der Waals surface area contributed by atoms with E-state index < -0.39 is 5.97 Å². The number of anilines is 1. The van der Waals surface area contributed by atoms with Crippen molar-refractivity contribution >= 4 is 53.2 Å². The number of benzene rings is 1. The fraction of sp³-hybridized carbons (Fsp3) is 0.368. The van der Waals surface area contributed by atoms with E-state index in [1.54, 1.807) is 19.1 Å². The molecule has 2 N–H and O–H groups in total. The van der Waals surface area contributed by atoms with Gasteiger partial charge in [-0.15, -0.1) is 24.0 Å². The Bertz CT molecular complexity index is 802. The van der Waals surface area contributed by atoms with Gasteiger partial charge in [0.15, 0.2) is 5.96 Å². The Balaban J connectivity index is 0.00000280. The molecule has 0 spiro atoms. The lowest BCUT2D eigenvalue weighted by Crippen LogP contribution is -2.51. The average molecular weight is 519 g/mol. The molecule has 152 valence electrons. The number of carbonyl (C=O) groups is 1. The first-order valence-electron chi connectivity index (χ1n) is 8.88. The Labute approximate surface area is 186 Å². The lowest BCUT2D eigenvalue weighted by molar-refractivity contribution is 0.0488.